The molecular formula is C13H22ClN3O2. The van der Waals surface area contributed by atoms with Gasteiger partial charge in [0.25, 0.3) is 0 Å². The van der Waals surface area contributed by atoms with E-state index in [1.807, 2.05) is 14.1 Å². The molecule has 19 heavy (non-hydrogen) atoms. The van der Waals surface area contributed by atoms with Gasteiger partial charge in [-0.15, -0.1) is 0 Å². The Morgan fingerprint density at radius 1 is 1.58 bits per heavy atom. The summed E-state index contributed by atoms with van der Waals surface area (Å²) in [5.74, 6) is 0.438. The van der Waals surface area contributed by atoms with Crippen LogP contribution in [0.2, 0.25) is 5.02 Å². The van der Waals surface area contributed by atoms with E-state index < -0.39 is 6.10 Å². The van der Waals surface area contributed by atoms with E-state index in [1.54, 1.807) is 18.0 Å². The second-order valence-electron chi connectivity index (χ2n) is 5.39. The molecule has 0 amide bonds. The van der Waals surface area contributed by atoms with Gasteiger partial charge in [-0.3, -0.25) is 4.68 Å². The van der Waals surface area contributed by atoms with Gasteiger partial charge in [0, 0.05) is 13.7 Å². The fourth-order valence-electron chi connectivity index (χ4n) is 2.30. The number of aromatic nitrogens is 2. The number of nitrogens with zero attached hydrogens (tertiary/aromatic N) is 3. The van der Waals surface area contributed by atoms with E-state index in [0.717, 1.165) is 19.4 Å². The molecule has 0 spiro atoms. The summed E-state index contributed by atoms with van der Waals surface area (Å²) >= 11 is 6.17. The van der Waals surface area contributed by atoms with Gasteiger partial charge in [0.1, 0.15) is 6.10 Å². The van der Waals surface area contributed by atoms with Crippen molar-refractivity contribution in [1.82, 2.24) is 14.7 Å². The summed E-state index contributed by atoms with van der Waals surface area (Å²) in [5.41, 5.74) is 0.669. The second-order valence-corrected chi connectivity index (χ2v) is 5.79. The lowest BCUT2D eigenvalue weighted by molar-refractivity contribution is -0.0299. The molecule has 0 aliphatic heterocycles. The van der Waals surface area contributed by atoms with Crippen LogP contribution in [0.25, 0.3) is 0 Å². The summed E-state index contributed by atoms with van der Waals surface area (Å²) in [4.78, 5) is 2.07. The Morgan fingerprint density at radius 2 is 2.26 bits per heavy atom. The van der Waals surface area contributed by atoms with Crippen molar-refractivity contribution in [3.63, 3.8) is 0 Å². The Balaban J connectivity index is 2.14. The van der Waals surface area contributed by atoms with Gasteiger partial charge in [-0.2, -0.15) is 5.10 Å². The number of aliphatic hydroxyl groups is 1. The van der Waals surface area contributed by atoms with Gasteiger partial charge in [0.05, 0.1) is 29.6 Å². The normalized spacial score (nSPS) is 18.8. The van der Waals surface area contributed by atoms with Crippen LogP contribution in [0.4, 0.5) is 0 Å². The average Bonchev–Trinajstić information content (AvgIpc) is 3.11. The van der Waals surface area contributed by atoms with Crippen molar-refractivity contribution in [3.05, 3.63) is 16.9 Å². The molecule has 6 heteroatoms. The Bertz CT molecular complexity index is 418. The number of hydrogen-bond acceptors (Lipinski definition) is 4. The van der Waals surface area contributed by atoms with Gasteiger partial charge in [-0.25, -0.2) is 0 Å². The van der Waals surface area contributed by atoms with Crippen LogP contribution in [0.15, 0.2) is 6.20 Å². The molecule has 1 fully saturated rings. The minimum Gasteiger partial charge on any atom is -0.384 e. The van der Waals surface area contributed by atoms with Crippen molar-refractivity contribution in [2.75, 3.05) is 27.7 Å². The topological polar surface area (TPSA) is 50.5 Å². The molecule has 1 saturated carbocycles. The predicted molar refractivity (Wildman–Crippen MR) is 74.3 cm³/mol. The molecule has 1 heterocycles. The van der Waals surface area contributed by atoms with Crippen molar-refractivity contribution in [2.45, 2.75) is 31.6 Å². The molecule has 2 rings (SSSR count). The quantitative estimate of drug-likeness (QED) is 0.827. The van der Waals surface area contributed by atoms with Gasteiger partial charge in [-0.05, 0) is 32.9 Å². The van der Waals surface area contributed by atoms with E-state index in [2.05, 4.69) is 10.00 Å². The third-order valence-electron chi connectivity index (χ3n) is 3.54. The number of halogens is 1. The van der Waals surface area contributed by atoms with Crippen LogP contribution >= 0.6 is 11.6 Å². The number of hydrogen-bond donors (Lipinski definition) is 1. The zero-order valence-electron chi connectivity index (χ0n) is 11.7. The SMILES string of the molecule is COC(C1CC1)C(O)c1c(Cl)cnn1CCN(C)C. The first-order valence-corrected chi connectivity index (χ1v) is 6.99. The highest BCUT2D eigenvalue weighted by molar-refractivity contribution is 6.31. The van der Waals surface area contributed by atoms with Crippen molar-refractivity contribution < 1.29 is 9.84 Å². The molecule has 1 aliphatic rings. The molecule has 0 radical (unpaired) electrons. The zero-order valence-corrected chi connectivity index (χ0v) is 12.5. The zero-order chi connectivity index (χ0) is 14.0. The first kappa shape index (κ1) is 14.8. The van der Waals surface area contributed by atoms with Crippen LogP contribution < -0.4 is 0 Å². The van der Waals surface area contributed by atoms with Crippen LogP contribution in [0.1, 0.15) is 24.6 Å². The van der Waals surface area contributed by atoms with Crippen LogP contribution in [0.3, 0.4) is 0 Å². The lowest BCUT2D eigenvalue weighted by Crippen LogP contribution is -2.27. The summed E-state index contributed by atoms with van der Waals surface area (Å²) < 4.78 is 7.21. The minimum absolute atomic E-state index is 0.188. The molecule has 1 aromatic rings. The number of rotatable bonds is 7. The van der Waals surface area contributed by atoms with Crippen LogP contribution in [-0.2, 0) is 11.3 Å². The van der Waals surface area contributed by atoms with E-state index in [-0.39, 0.29) is 6.10 Å². The maximum atomic E-state index is 10.5. The molecular weight excluding hydrogens is 266 g/mol. The van der Waals surface area contributed by atoms with E-state index in [0.29, 0.717) is 23.2 Å². The van der Waals surface area contributed by atoms with Gasteiger partial charge >= 0.3 is 0 Å². The Kier molecular flexibility index (Phi) is 4.84. The highest BCUT2D eigenvalue weighted by Gasteiger charge is 2.38. The van der Waals surface area contributed by atoms with Gasteiger partial charge in [0.15, 0.2) is 0 Å². The largest absolute Gasteiger partial charge is 0.384 e. The van der Waals surface area contributed by atoms with Gasteiger partial charge < -0.3 is 14.7 Å². The molecule has 1 N–H and O–H groups in total. The first-order valence-electron chi connectivity index (χ1n) is 6.61. The van der Waals surface area contributed by atoms with Crippen molar-refractivity contribution >= 4 is 11.6 Å². The predicted octanol–water partition coefficient (Wildman–Crippen LogP) is 1.56. The molecule has 2 unspecified atom stereocenters. The lowest BCUT2D eigenvalue weighted by Gasteiger charge is -2.23. The Hall–Kier alpha value is -0.620. The van der Waals surface area contributed by atoms with E-state index in [1.165, 1.54) is 0 Å². The van der Waals surface area contributed by atoms with Crippen molar-refractivity contribution in [1.29, 1.82) is 0 Å². The minimum atomic E-state index is -0.713. The third-order valence-corrected chi connectivity index (χ3v) is 3.83. The number of methoxy groups -OCH3 is 1. The standard InChI is InChI=1S/C13H22ClN3O2/c1-16(2)6-7-17-11(10(14)8-15-17)12(18)13(19-3)9-4-5-9/h8-9,12-13,18H,4-7H2,1-3H3. The van der Waals surface area contributed by atoms with Crippen molar-refractivity contribution in [2.24, 2.45) is 5.92 Å². The summed E-state index contributed by atoms with van der Waals surface area (Å²) in [5, 5.41) is 15.3. The lowest BCUT2D eigenvalue weighted by atomic mass is 10.1. The molecule has 5 nitrogen and oxygen atoms in total. The average molecular weight is 288 g/mol. The molecule has 2 atom stereocenters. The molecule has 108 valence electrons. The summed E-state index contributed by atoms with van der Waals surface area (Å²) in [6.07, 6.45) is 2.91. The maximum absolute atomic E-state index is 10.5. The fourth-order valence-corrected chi connectivity index (χ4v) is 2.55. The highest BCUT2D eigenvalue weighted by atomic mass is 35.5. The van der Waals surface area contributed by atoms with E-state index in [9.17, 15) is 5.11 Å². The van der Waals surface area contributed by atoms with E-state index in [4.69, 9.17) is 16.3 Å². The van der Waals surface area contributed by atoms with Crippen LogP contribution in [0, 0.1) is 5.92 Å². The van der Waals surface area contributed by atoms with Gasteiger partial charge in [0.2, 0.25) is 0 Å². The molecule has 1 aliphatic carbocycles. The molecule has 0 saturated heterocycles. The van der Waals surface area contributed by atoms with Gasteiger partial charge in [-0.1, -0.05) is 11.6 Å². The molecule has 0 aromatic carbocycles. The second kappa shape index (κ2) is 6.22. The Labute approximate surface area is 119 Å². The first-order chi connectivity index (χ1) is 9.04. The summed E-state index contributed by atoms with van der Waals surface area (Å²) in [7, 11) is 5.65. The number of aliphatic hydroxyl groups excluding tert-OH is 1. The number of ether oxygens (including phenoxy) is 1. The van der Waals surface area contributed by atoms with Crippen LogP contribution in [-0.4, -0.2) is 53.6 Å². The smallest absolute Gasteiger partial charge is 0.123 e. The summed E-state index contributed by atoms with van der Waals surface area (Å²) in [6, 6.07) is 0. The van der Waals surface area contributed by atoms with Crippen molar-refractivity contribution in [3.8, 4) is 0 Å². The number of likely N-dealkylation sites (N-methyl/N-ethyl adjacent to an activating group) is 1. The molecule has 0 bridgehead atoms. The fraction of sp³-hybridized carbons (Fsp3) is 0.769. The van der Waals surface area contributed by atoms with Crippen LogP contribution in [0.5, 0.6) is 0 Å². The summed E-state index contributed by atoms with van der Waals surface area (Å²) in [6.45, 7) is 1.55. The maximum Gasteiger partial charge on any atom is 0.123 e. The Morgan fingerprint density at radius 3 is 2.79 bits per heavy atom. The third kappa shape index (κ3) is 3.48. The highest BCUT2D eigenvalue weighted by Crippen LogP contribution is 2.40. The van der Waals surface area contributed by atoms with E-state index >= 15 is 0 Å². The molecule has 1 aromatic heterocycles. The monoisotopic (exact) mass is 287 g/mol.